The molecule has 1 atom stereocenters. The lowest BCUT2D eigenvalue weighted by Gasteiger charge is -2.15. The summed E-state index contributed by atoms with van der Waals surface area (Å²) in [5.74, 6) is -2.34. The maximum Gasteiger partial charge on any atom is 0.321 e. The Morgan fingerprint density at radius 3 is 2.53 bits per heavy atom. The van der Waals surface area contributed by atoms with E-state index in [4.69, 9.17) is 16.3 Å². The molecule has 0 saturated heterocycles. The Hall–Kier alpha value is -3.12. The van der Waals surface area contributed by atoms with Crippen molar-refractivity contribution >= 4 is 23.5 Å². The van der Waals surface area contributed by atoms with Gasteiger partial charge in [-0.3, -0.25) is 9.59 Å². The maximum atomic E-state index is 12.6. The van der Waals surface area contributed by atoms with Gasteiger partial charge in [-0.25, -0.2) is 4.98 Å². The van der Waals surface area contributed by atoms with Gasteiger partial charge in [0.05, 0.1) is 18.4 Å². The number of aliphatic carboxylic acids is 1. The number of benzene rings is 2. The molecule has 0 radical (unpaired) electrons. The van der Waals surface area contributed by atoms with Crippen molar-refractivity contribution in [2.24, 2.45) is 5.92 Å². The molecule has 0 aliphatic carbocycles. The number of ether oxygens (including phenoxy) is 1. The van der Waals surface area contributed by atoms with Crippen molar-refractivity contribution in [3.63, 3.8) is 0 Å². The Balaban J connectivity index is 1.75. The molecule has 0 fully saturated rings. The molecule has 168 valence electrons. The van der Waals surface area contributed by atoms with E-state index in [2.05, 4.69) is 11.9 Å². The minimum Gasteiger partial charge on any atom is -0.481 e. The fraction of sp³-hybridized carbons (Fsp3) is 0.320. The number of aryl methyl sites for hydroxylation is 1. The highest BCUT2D eigenvalue weighted by Gasteiger charge is 2.28. The molecule has 0 spiro atoms. The molecule has 32 heavy (non-hydrogen) atoms. The second-order valence-corrected chi connectivity index (χ2v) is 8.04. The number of nitrogens with zero attached hydrogens (tertiary/aromatic N) is 2. The van der Waals surface area contributed by atoms with E-state index in [1.165, 1.54) is 0 Å². The van der Waals surface area contributed by atoms with Gasteiger partial charge in [0.1, 0.15) is 12.4 Å². The van der Waals surface area contributed by atoms with Crippen LogP contribution in [-0.4, -0.2) is 26.6 Å². The summed E-state index contributed by atoms with van der Waals surface area (Å²) in [7, 11) is 0. The van der Waals surface area contributed by atoms with Crippen LogP contribution in [0.2, 0.25) is 5.02 Å². The Labute approximate surface area is 192 Å². The van der Waals surface area contributed by atoms with Crippen LogP contribution in [0.4, 0.5) is 0 Å². The van der Waals surface area contributed by atoms with Crippen LogP contribution in [0, 0.1) is 5.92 Å². The van der Waals surface area contributed by atoms with Crippen molar-refractivity contribution in [3.05, 3.63) is 88.5 Å². The number of imidazole rings is 1. The van der Waals surface area contributed by atoms with E-state index in [0.717, 1.165) is 36.2 Å². The first kappa shape index (κ1) is 23.5. The largest absolute Gasteiger partial charge is 0.481 e. The van der Waals surface area contributed by atoms with Crippen LogP contribution in [0.15, 0.2) is 60.8 Å². The minimum atomic E-state index is -1.27. The van der Waals surface area contributed by atoms with Gasteiger partial charge in [-0.15, -0.1) is 0 Å². The summed E-state index contributed by atoms with van der Waals surface area (Å²) >= 11 is 6.35. The van der Waals surface area contributed by atoms with Crippen LogP contribution in [0.5, 0.6) is 0 Å². The zero-order chi connectivity index (χ0) is 22.9. The number of carboxylic acids is 1. The van der Waals surface area contributed by atoms with Crippen LogP contribution in [-0.2, 0) is 40.3 Å². The van der Waals surface area contributed by atoms with Crippen LogP contribution in [0.25, 0.3) is 0 Å². The van der Waals surface area contributed by atoms with Crippen molar-refractivity contribution in [2.75, 3.05) is 0 Å². The third kappa shape index (κ3) is 6.20. The van der Waals surface area contributed by atoms with Crippen LogP contribution in [0.1, 0.15) is 42.4 Å². The van der Waals surface area contributed by atoms with Gasteiger partial charge in [-0.05, 0) is 30.0 Å². The average Bonchev–Trinajstić information content (AvgIpc) is 3.17. The number of aromatic nitrogens is 2. The lowest BCUT2D eigenvalue weighted by Crippen LogP contribution is -2.28. The summed E-state index contributed by atoms with van der Waals surface area (Å²) in [5.41, 5.74) is 2.40. The predicted octanol–water partition coefficient (Wildman–Crippen LogP) is 4.91. The summed E-state index contributed by atoms with van der Waals surface area (Å²) in [6, 6.07) is 16.6. The molecule has 0 aliphatic heterocycles. The molecule has 0 amide bonds. The van der Waals surface area contributed by atoms with Crippen molar-refractivity contribution in [2.45, 2.75) is 45.8 Å². The SMILES string of the molecule is CCCCc1ncc(COC(=O)C(Cc2ccccc2)C(=O)O)n1Cc1ccccc1Cl. The normalized spacial score (nSPS) is 11.8. The Bertz CT molecular complexity index is 1050. The summed E-state index contributed by atoms with van der Waals surface area (Å²) in [4.78, 5) is 28.8. The van der Waals surface area contributed by atoms with Crippen molar-refractivity contribution in [3.8, 4) is 0 Å². The molecule has 1 heterocycles. The number of carbonyl (C=O) groups excluding carboxylic acids is 1. The standard InChI is InChI=1S/C25H27ClN2O4/c1-2-3-13-23-27-15-20(28(23)16-19-11-7-8-12-22(19)26)17-32-25(31)21(24(29)30)14-18-9-5-4-6-10-18/h4-12,15,21H,2-3,13-14,16-17H2,1H3,(H,29,30). The molecular formula is C25H27ClN2O4. The monoisotopic (exact) mass is 454 g/mol. The maximum absolute atomic E-state index is 12.6. The molecule has 1 N–H and O–H groups in total. The number of halogens is 1. The molecule has 7 heteroatoms. The van der Waals surface area contributed by atoms with Crippen molar-refractivity contribution in [1.82, 2.24) is 9.55 Å². The zero-order valence-electron chi connectivity index (χ0n) is 18.0. The lowest BCUT2D eigenvalue weighted by molar-refractivity contribution is -0.159. The summed E-state index contributed by atoms with van der Waals surface area (Å²) in [5, 5.41) is 10.2. The Morgan fingerprint density at radius 1 is 1.12 bits per heavy atom. The van der Waals surface area contributed by atoms with E-state index in [9.17, 15) is 14.7 Å². The van der Waals surface area contributed by atoms with Crippen LogP contribution < -0.4 is 0 Å². The van der Waals surface area contributed by atoms with Crippen LogP contribution in [0.3, 0.4) is 0 Å². The minimum absolute atomic E-state index is 0.0546. The van der Waals surface area contributed by atoms with E-state index < -0.39 is 17.9 Å². The molecule has 6 nitrogen and oxygen atoms in total. The predicted molar refractivity (Wildman–Crippen MR) is 122 cm³/mol. The second-order valence-electron chi connectivity index (χ2n) is 7.64. The highest BCUT2D eigenvalue weighted by atomic mass is 35.5. The topological polar surface area (TPSA) is 81.4 Å². The summed E-state index contributed by atoms with van der Waals surface area (Å²) < 4.78 is 7.43. The smallest absolute Gasteiger partial charge is 0.321 e. The highest BCUT2D eigenvalue weighted by molar-refractivity contribution is 6.31. The quantitative estimate of drug-likeness (QED) is 0.328. The fourth-order valence-corrected chi connectivity index (χ4v) is 3.66. The Kier molecular flexibility index (Phi) is 8.45. The molecule has 3 aromatic rings. The van der Waals surface area contributed by atoms with Crippen molar-refractivity contribution < 1.29 is 19.4 Å². The Morgan fingerprint density at radius 2 is 1.84 bits per heavy atom. The van der Waals surface area contributed by atoms with Gasteiger partial charge in [0.25, 0.3) is 0 Å². The zero-order valence-corrected chi connectivity index (χ0v) is 18.8. The van der Waals surface area contributed by atoms with Crippen molar-refractivity contribution in [1.29, 1.82) is 0 Å². The molecule has 0 bridgehead atoms. The lowest BCUT2D eigenvalue weighted by atomic mass is 10.00. The van der Waals surface area contributed by atoms with Gasteiger partial charge in [0.2, 0.25) is 0 Å². The molecule has 3 rings (SSSR count). The number of carbonyl (C=O) groups is 2. The van der Waals surface area contributed by atoms with E-state index in [1.807, 2.05) is 47.0 Å². The number of hydrogen-bond acceptors (Lipinski definition) is 4. The van der Waals surface area contributed by atoms with Gasteiger partial charge < -0.3 is 14.4 Å². The van der Waals surface area contributed by atoms with Gasteiger partial charge in [-0.2, -0.15) is 0 Å². The van der Waals surface area contributed by atoms with Gasteiger partial charge in [-0.1, -0.05) is 73.5 Å². The molecule has 0 saturated carbocycles. The first-order valence-corrected chi connectivity index (χ1v) is 11.1. The molecule has 2 aromatic carbocycles. The first-order valence-electron chi connectivity index (χ1n) is 10.7. The number of carboxylic acid groups (broad SMARTS) is 1. The molecule has 1 aromatic heterocycles. The van der Waals surface area contributed by atoms with Gasteiger partial charge in [0, 0.05) is 11.4 Å². The number of hydrogen-bond donors (Lipinski definition) is 1. The highest BCUT2D eigenvalue weighted by Crippen LogP contribution is 2.20. The van der Waals surface area contributed by atoms with E-state index in [0.29, 0.717) is 17.3 Å². The second kappa shape index (κ2) is 11.5. The van der Waals surface area contributed by atoms with E-state index >= 15 is 0 Å². The summed E-state index contributed by atoms with van der Waals surface area (Å²) in [6.45, 7) is 2.56. The number of esters is 1. The van der Waals surface area contributed by atoms with E-state index in [-0.39, 0.29) is 13.0 Å². The van der Waals surface area contributed by atoms with Gasteiger partial charge in [0.15, 0.2) is 5.92 Å². The molecule has 1 unspecified atom stereocenters. The third-order valence-corrected chi connectivity index (χ3v) is 5.66. The molecule has 0 aliphatic rings. The summed E-state index contributed by atoms with van der Waals surface area (Å²) in [6.07, 6.45) is 4.57. The average molecular weight is 455 g/mol. The van der Waals surface area contributed by atoms with Crippen LogP contribution >= 0.6 is 11.6 Å². The fourth-order valence-electron chi connectivity index (χ4n) is 3.46. The molecular weight excluding hydrogens is 428 g/mol. The van der Waals surface area contributed by atoms with E-state index in [1.54, 1.807) is 18.3 Å². The number of rotatable bonds is 11. The number of unbranched alkanes of at least 4 members (excludes halogenated alkanes) is 1. The first-order chi connectivity index (χ1) is 15.5. The third-order valence-electron chi connectivity index (χ3n) is 5.29. The van der Waals surface area contributed by atoms with Gasteiger partial charge >= 0.3 is 11.9 Å².